The molecular formula is C8H4ClF5O2S. The lowest BCUT2D eigenvalue weighted by Gasteiger charge is -2.19. The number of sulfone groups is 1. The first-order valence-corrected chi connectivity index (χ1v) is 5.81. The van der Waals surface area contributed by atoms with Crippen molar-refractivity contribution in [3.63, 3.8) is 0 Å². The Kier molecular flexibility index (Phi) is 3.41. The molecule has 96 valence electrons. The second-order valence-electron chi connectivity index (χ2n) is 2.97. The second kappa shape index (κ2) is 4.09. The van der Waals surface area contributed by atoms with Gasteiger partial charge in [0.1, 0.15) is 0 Å². The first-order chi connectivity index (χ1) is 7.50. The molecule has 1 aromatic rings. The summed E-state index contributed by atoms with van der Waals surface area (Å²) in [5, 5.41) is -5.83. The molecule has 0 aliphatic heterocycles. The molecule has 0 unspecified atom stereocenters. The summed E-state index contributed by atoms with van der Waals surface area (Å²) in [6.45, 7) is 0. The van der Waals surface area contributed by atoms with Crippen molar-refractivity contribution in [2.24, 2.45) is 0 Å². The minimum Gasteiger partial charge on any atom is -0.217 e. The summed E-state index contributed by atoms with van der Waals surface area (Å²) < 4.78 is 83.5. The highest BCUT2D eigenvalue weighted by Crippen LogP contribution is 2.42. The van der Waals surface area contributed by atoms with Crippen LogP contribution in [0.15, 0.2) is 29.2 Å². The fourth-order valence-corrected chi connectivity index (χ4v) is 2.14. The van der Waals surface area contributed by atoms with E-state index in [-0.39, 0.29) is 5.02 Å². The Bertz CT molecular complexity index is 506. The molecule has 0 spiro atoms. The van der Waals surface area contributed by atoms with E-state index in [2.05, 4.69) is 0 Å². The molecule has 0 bridgehead atoms. The molecule has 1 aromatic carbocycles. The van der Waals surface area contributed by atoms with Gasteiger partial charge in [-0.05, 0) is 24.3 Å². The summed E-state index contributed by atoms with van der Waals surface area (Å²) >= 11 is 5.36. The SMILES string of the molecule is O=S(=O)(c1ccc(Cl)cc1)C(F)(F)C(F)(F)F. The molecular weight excluding hydrogens is 291 g/mol. The summed E-state index contributed by atoms with van der Waals surface area (Å²) in [5.74, 6) is 0. The van der Waals surface area contributed by atoms with Gasteiger partial charge in [-0.25, -0.2) is 8.42 Å². The Morgan fingerprint density at radius 1 is 0.941 bits per heavy atom. The lowest BCUT2D eigenvalue weighted by molar-refractivity contribution is -0.241. The molecule has 0 saturated carbocycles. The van der Waals surface area contributed by atoms with Crippen molar-refractivity contribution < 1.29 is 30.4 Å². The summed E-state index contributed by atoms with van der Waals surface area (Å²) in [5.41, 5.74) is 0. The van der Waals surface area contributed by atoms with Crippen molar-refractivity contribution >= 4 is 21.4 Å². The van der Waals surface area contributed by atoms with Gasteiger partial charge < -0.3 is 0 Å². The lowest BCUT2D eigenvalue weighted by Crippen LogP contribution is -2.43. The van der Waals surface area contributed by atoms with Crippen LogP contribution >= 0.6 is 11.6 Å². The van der Waals surface area contributed by atoms with Gasteiger partial charge in [-0.3, -0.25) is 0 Å². The molecule has 9 heteroatoms. The van der Waals surface area contributed by atoms with Crippen LogP contribution in [0.2, 0.25) is 5.02 Å². The molecule has 0 N–H and O–H groups in total. The van der Waals surface area contributed by atoms with Crippen LogP contribution in [0.4, 0.5) is 22.0 Å². The Morgan fingerprint density at radius 2 is 1.35 bits per heavy atom. The largest absolute Gasteiger partial charge is 0.469 e. The molecule has 17 heavy (non-hydrogen) atoms. The van der Waals surface area contributed by atoms with Crippen LogP contribution in [-0.2, 0) is 9.84 Å². The van der Waals surface area contributed by atoms with Crippen molar-refractivity contribution in [2.45, 2.75) is 16.3 Å². The Labute approximate surface area is 97.9 Å². The molecule has 0 aromatic heterocycles. The maximum atomic E-state index is 12.7. The zero-order chi connectivity index (χ0) is 13.5. The second-order valence-corrected chi connectivity index (χ2v) is 5.40. The van der Waals surface area contributed by atoms with E-state index in [1.807, 2.05) is 0 Å². The van der Waals surface area contributed by atoms with Gasteiger partial charge in [-0.1, -0.05) is 11.6 Å². The van der Waals surface area contributed by atoms with Crippen molar-refractivity contribution in [3.8, 4) is 0 Å². The van der Waals surface area contributed by atoms with E-state index in [1.54, 1.807) is 0 Å². The normalized spacial score (nSPS) is 13.8. The highest BCUT2D eigenvalue weighted by atomic mass is 35.5. The van der Waals surface area contributed by atoms with E-state index in [0.717, 1.165) is 12.1 Å². The van der Waals surface area contributed by atoms with Crippen molar-refractivity contribution in [1.29, 1.82) is 0 Å². The summed E-state index contributed by atoms with van der Waals surface area (Å²) in [6, 6.07) is 2.97. The van der Waals surface area contributed by atoms with Gasteiger partial charge in [0, 0.05) is 5.02 Å². The number of benzene rings is 1. The molecule has 2 nitrogen and oxygen atoms in total. The monoisotopic (exact) mass is 294 g/mol. The number of halogens is 6. The number of hydrogen-bond donors (Lipinski definition) is 0. The minimum absolute atomic E-state index is 0.0132. The fraction of sp³-hybridized carbons (Fsp3) is 0.250. The Morgan fingerprint density at radius 3 is 1.71 bits per heavy atom. The molecule has 0 amide bonds. The zero-order valence-electron chi connectivity index (χ0n) is 7.80. The molecule has 0 radical (unpaired) electrons. The van der Waals surface area contributed by atoms with Crippen molar-refractivity contribution in [1.82, 2.24) is 0 Å². The third-order valence-corrected chi connectivity index (χ3v) is 3.84. The zero-order valence-corrected chi connectivity index (χ0v) is 9.37. The van der Waals surface area contributed by atoms with E-state index in [0.29, 0.717) is 12.1 Å². The molecule has 0 saturated heterocycles. The van der Waals surface area contributed by atoms with Gasteiger partial charge in [-0.15, -0.1) is 0 Å². The Hall–Kier alpha value is -0.890. The van der Waals surface area contributed by atoms with E-state index < -0.39 is 26.2 Å². The predicted octanol–water partition coefficient (Wildman–Crippen LogP) is 3.27. The standard InChI is InChI=1S/C8H4ClF5O2S/c9-5-1-3-6(4-2-5)17(15,16)8(13,14)7(10,11)12/h1-4H. The van der Waals surface area contributed by atoms with Gasteiger partial charge in [0.15, 0.2) is 0 Å². The molecule has 1 rings (SSSR count). The third-order valence-electron chi connectivity index (χ3n) is 1.79. The fourth-order valence-electron chi connectivity index (χ4n) is 0.914. The van der Waals surface area contributed by atoms with E-state index in [1.165, 1.54) is 0 Å². The highest BCUT2D eigenvalue weighted by Gasteiger charge is 2.67. The molecule has 0 heterocycles. The molecule has 0 aliphatic carbocycles. The van der Waals surface area contributed by atoms with Gasteiger partial charge in [0.25, 0.3) is 9.84 Å². The first-order valence-electron chi connectivity index (χ1n) is 3.95. The maximum absolute atomic E-state index is 12.7. The third kappa shape index (κ3) is 2.37. The predicted molar refractivity (Wildman–Crippen MR) is 49.6 cm³/mol. The smallest absolute Gasteiger partial charge is 0.217 e. The number of hydrogen-bond acceptors (Lipinski definition) is 2. The van der Waals surface area contributed by atoms with Crippen molar-refractivity contribution in [3.05, 3.63) is 29.3 Å². The number of rotatable bonds is 2. The van der Waals surface area contributed by atoms with E-state index in [9.17, 15) is 30.4 Å². The first kappa shape index (κ1) is 14.2. The summed E-state index contributed by atoms with van der Waals surface area (Å²) in [6.07, 6.45) is -6.18. The van der Waals surface area contributed by atoms with E-state index >= 15 is 0 Å². The molecule has 0 fully saturated rings. The van der Waals surface area contributed by atoms with Crippen molar-refractivity contribution in [2.75, 3.05) is 0 Å². The van der Waals surface area contributed by atoms with Crippen LogP contribution in [0.25, 0.3) is 0 Å². The maximum Gasteiger partial charge on any atom is 0.469 e. The Balaban J connectivity index is 3.35. The highest BCUT2D eigenvalue weighted by molar-refractivity contribution is 7.92. The van der Waals surface area contributed by atoms with Crippen LogP contribution in [-0.4, -0.2) is 19.8 Å². The quantitative estimate of drug-likeness (QED) is 0.785. The van der Waals surface area contributed by atoms with Crippen LogP contribution < -0.4 is 0 Å². The van der Waals surface area contributed by atoms with Gasteiger partial charge in [-0.2, -0.15) is 22.0 Å². The van der Waals surface area contributed by atoms with Gasteiger partial charge >= 0.3 is 11.4 Å². The average molecular weight is 295 g/mol. The van der Waals surface area contributed by atoms with Crippen LogP contribution in [0, 0.1) is 0 Å². The van der Waals surface area contributed by atoms with Gasteiger partial charge in [0.2, 0.25) is 0 Å². The van der Waals surface area contributed by atoms with E-state index in [4.69, 9.17) is 11.6 Å². The molecule has 0 aliphatic rings. The minimum atomic E-state index is -6.18. The van der Waals surface area contributed by atoms with Crippen LogP contribution in [0.5, 0.6) is 0 Å². The molecule has 0 atom stereocenters. The van der Waals surface area contributed by atoms with Crippen LogP contribution in [0.1, 0.15) is 0 Å². The van der Waals surface area contributed by atoms with Gasteiger partial charge in [0.05, 0.1) is 4.90 Å². The average Bonchev–Trinajstić information content (AvgIpc) is 2.16. The topological polar surface area (TPSA) is 34.1 Å². The number of alkyl halides is 5. The van der Waals surface area contributed by atoms with Crippen LogP contribution in [0.3, 0.4) is 0 Å². The summed E-state index contributed by atoms with van der Waals surface area (Å²) in [4.78, 5) is -1.15. The lowest BCUT2D eigenvalue weighted by atomic mass is 10.4. The summed E-state index contributed by atoms with van der Waals surface area (Å²) in [7, 11) is -5.83.